The van der Waals surface area contributed by atoms with Gasteiger partial charge in [0.1, 0.15) is 0 Å². The molecule has 1 aliphatic rings. The highest BCUT2D eigenvalue weighted by Crippen LogP contribution is 2.53. The number of aryl methyl sites for hydroxylation is 1. The number of pyridine rings is 1. The van der Waals surface area contributed by atoms with E-state index in [0.717, 1.165) is 12.0 Å². The average molecular weight is 306 g/mol. The van der Waals surface area contributed by atoms with E-state index in [1.165, 1.54) is 24.4 Å². The maximum Gasteiger partial charge on any atom is 0.422 e. The highest BCUT2D eigenvalue weighted by Gasteiger charge is 2.65. The number of halogens is 3. The minimum atomic E-state index is -4.61. The molecular weight excluding hydrogens is 293 g/mol. The summed E-state index contributed by atoms with van der Waals surface area (Å²) in [6.45, 7) is 1.81. The molecular formula is C16H13F3N2O. The summed E-state index contributed by atoms with van der Waals surface area (Å²) < 4.78 is 46.9. The highest BCUT2D eigenvalue weighted by atomic mass is 19.4. The molecule has 0 bridgehead atoms. The van der Waals surface area contributed by atoms with Crippen LogP contribution in [0.25, 0.3) is 0 Å². The summed E-state index contributed by atoms with van der Waals surface area (Å²) in [6, 6.07) is 10.9. The van der Waals surface area contributed by atoms with Gasteiger partial charge in [0.05, 0.1) is 5.69 Å². The number of rotatable bonds is 2. The number of aromatic nitrogens is 1. The van der Waals surface area contributed by atoms with E-state index in [2.05, 4.69) is 9.98 Å². The zero-order valence-corrected chi connectivity index (χ0v) is 11.7. The average Bonchev–Trinajstić information content (AvgIpc) is 2.94. The molecule has 0 saturated heterocycles. The second-order valence-corrected chi connectivity index (χ2v) is 5.14. The van der Waals surface area contributed by atoms with Crippen LogP contribution in [0, 0.1) is 6.92 Å². The van der Waals surface area contributed by atoms with Gasteiger partial charge in [0.15, 0.2) is 12.5 Å². The molecule has 1 aliphatic heterocycles. The van der Waals surface area contributed by atoms with Gasteiger partial charge in [-0.1, -0.05) is 35.9 Å². The Morgan fingerprint density at radius 2 is 1.82 bits per heavy atom. The maximum absolute atomic E-state index is 13.9. The Hall–Kier alpha value is -2.37. The third-order valence-electron chi connectivity index (χ3n) is 3.71. The Balaban J connectivity index is 2.18. The monoisotopic (exact) mass is 306 g/mol. The van der Waals surface area contributed by atoms with E-state index in [-0.39, 0.29) is 11.3 Å². The summed E-state index contributed by atoms with van der Waals surface area (Å²) in [5, 5.41) is 0. The molecule has 0 amide bonds. The van der Waals surface area contributed by atoms with Crippen molar-refractivity contribution < 1.29 is 17.9 Å². The molecule has 22 heavy (non-hydrogen) atoms. The van der Waals surface area contributed by atoms with E-state index in [1.807, 2.05) is 6.92 Å². The lowest BCUT2D eigenvalue weighted by Gasteiger charge is -2.33. The molecule has 0 N–H and O–H groups in total. The molecule has 2 aromatic rings. The third kappa shape index (κ3) is 2.15. The van der Waals surface area contributed by atoms with Gasteiger partial charge in [-0.3, -0.25) is 4.98 Å². The van der Waals surface area contributed by atoms with Crippen LogP contribution in [0.1, 0.15) is 22.9 Å². The second kappa shape index (κ2) is 5.12. The van der Waals surface area contributed by atoms with Gasteiger partial charge >= 0.3 is 6.18 Å². The van der Waals surface area contributed by atoms with Gasteiger partial charge in [0.25, 0.3) is 0 Å². The van der Waals surface area contributed by atoms with Crippen molar-refractivity contribution in [2.45, 2.75) is 24.7 Å². The lowest BCUT2D eigenvalue weighted by atomic mass is 9.82. The Bertz CT molecular complexity index is 683. The molecule has 3 nitrogen and oxygen atoms in total. The molecule has 0 spiro atoms. The Morgan fingerprint density at radius 1 is 1.09 bits per heavy atom. The van der Waals surface area contributed by atoms with Crippen LogP contribution in [-0.2, 0) is 10.3 Å². The molecule has 0 aliphatic carbocycles. The first-order valence-corrected chi connectivity index (χ1v) is 6.69. The summed E-state index contributed by atoms with van der Waals surface area (Å²) in [5.41, 5.74) is -1.37. The van der Waals surface area contributed by atoms with Gasteiger partial charge < -0.3 is 4.74 Å². The summed E-state index contributed by atoms with van der Waals surface area (Å²) in [7, 11) is 0. The molecule has 1 aromatic heterocycles. The number of aliphatic imine (C=N–C) groups is 1. The highest BCUT2D eigenvalue weighted by molar-refractivity contribution is 5.55. The van der Waals surface area contributed by atoms with Gasteiger partial charge in [-0.05, 0) is 24.6 Å². The maximum atomic E-state index is 13.9. The van der Waals surface area contributed by atoms with Crippen LogP contribution in [0.4, 0.5) is 13.2 Å². The van der Waals surface area contributed by atoms with Crippen molar-refractivity contribution in [3.05, 3.63) is 65.5 Å². The predicted octanol–water partition coefficient (Wildman–Crippen LogP) is 3.95. The van der Waals surface area contributed by atoms with Crippen molar-refractivity contribution in [2.24, 2.45) is 4.99 Å². The van der Waals surface area contributed by atoms with Crippen LogP contribution < -0.4 is 0 Å². The van der Waals surface area contributed by atoms with Crippen molar-refractivity contribution in [3.8, 4) is 0 Å². The Labute approximate surface area is 125 Å². The fourth-order valence-electron chi connectivity index (χ4n) is 2.57. The fraction of sp³-hybridized carbons (Fsp3) is 0.250. The number of benzene rings is 1. The molecule has 3 rings (SSSR count). The van der Waals surface area contributed by atoms with E-state index in [1.54, 1.807) is 24.3 Å². The van der Waals surface area contributed by atoms with Crippen molar-refractivity contribution in [2.75, 3.05) is 0 Å². The van der Waals surface area contributed by atoms with Crippen molar-refractivity contribution in [3.63, 3.8) is 0 Å². The van der Waals surface area contributed by atoms with Crippen molar-refractivity contribution in [1.29, 1.82) is 0 Å². The molecule has 2 atom stereocenters. The zero-order chi connectivity index (χ0) is 15.8. The summed E-state index contributed by atoms with van der Waals surface area (Å²) in [4.78, 5) is 7.69. The van der Waals surface area contributed by atoms with Crippen LogP contribution >= 0.6 is 0 Å². The van der Waals surface area contributed by atoms with Crippen molar-refractivity contribution >= 4 is 6.40 Å². The summed E-state index contributed by atoms with van der Waals surface area (Å²) in [5.74, 6) is 0. The third-order valence-corrected chi connectivity index (χ3v) is 3.71. The van der Waals surface area contributed by atoms with Gasteiger partial charge in [0.2, 0.25) is 5.54 Å². The van der Waals surface area contributed by atoms with E-state index in [4.69, 9.17) is 4.74 Å². The topological polar surface area (TPSA) is 34.5 Å². The summed E-state index contributed by atoms with van der Waals surface area (Å²) >= 11 is 0. The quantitative estimate of drug-likeness (QED) is 0.842. The lowest BCUT2D eigenvalue weighted by molar-refractivity contribution is -0.207. The first kappa shape index (κ1) is 14.6. The van der Waals surface area contributed by atoms with E-state index in [0.29, 0.717) is 0 Å². The minimum Gasteiger partial charge on any atom is -0.471 e. The number of hydrogen-bond donors (Lipinski definition) is 0. The lowest BCUT2D eigenvalue weighted by Crippen LogP contribution is -2.44. The van der Waals surface area contributed by atoms with E-state index >= 15 is 0 Å². The normalized spacial score (nSPS) is 24.3. The molecule has 0 saturated carbocycles. The molecule has 0 radical (unpaired) electrons. The second-order valence-electron chi connectivity index (χ2n) is 5.14. The van der Waals surface area contributed by atoms with Gasteiger partial charge in [-0.25, -0.2) is 4.99 Å². The number of alkyl halides is 3. The van der Waals surface area contributed by atoms with Crippen LogP contribution in [0.3, 0.4) is 0 Å². The number of nitrogens with zero attached hydrogens (tertiary/aromatic N) is 2. The van der Waals surface area contributed by atoms with Crippen LogP contribution in [0.5, 0.6) is 0 Å². The van der Waals surface area contributed by atoms with Gasteiger partial charge in [-0.2, -0.15) is 13.2 Å². The first-order chi connectivity index (χ1) is 10.4. The van der Waals surface area contributed by atoms with E-state index in [9.17, 15) is 13.2 Å². The largest absolute Gasteiger partial charge is 0.471 e. The standard InChI is InChI=1S/C16H13F3N2O/c1-11-5-7-12(8-6-11)15(16(17,18)19)14(22-10-21-15)13-4-2-3-9-20-13/h2-10,14H,1H3/t14-,15+/m0/s1. The Morgan fingerprint density at radius 3 is 2.41 bits per heavy atom. The summed E-state index contributed by atoms with van der Waals surface area (Å²) in [6.07, 6.45) is -3.64. The molecule has 2 heterocycles. The van der Waals surface area contributed by atoms with Crippen molar-refractivity contribution in [1.82, 2.24) is 4.98 Å². The number of ether oxygens (including phenoxy) is 1. The van der Waals surface area contributed by atoms with Gasteiger partial charge in [-0.15, -0.1) is 0 Å². The zero-order valence-electron chi connectivity index (χ0n) is 11.7. The van der Waals surface area contributed by atoms with Gasteiger partial charge in [0, 0.05) is 6.20 Å². The fourth-order valence-corrected chi connectivity index (χ4v) is 2.57. The molecule has 114 valence electrons. The molecule has 0 fully saturated rings. The van der Waals surface area contributed by atoms with Crippen LogP contribution in [-0.4, -0.2) is 17.6 Å². The predicted molar refractivity (Wildman–Crippen MR) is 75.5 cm³/mol. The minimum absolute atomic E-state index is 0.0370. The van der Waals surface area contributed by atoms with Crippen LogP contribution in [0.15, 0.2) is 53.7 Å². The molecule has 6 heteroatoms. The number of hydrogen-bond acceptors (Lipinski definition) is 3. The first-order valence-electron chi connectivity index (χ1n) is 6.69. The molecule has 0 unspecified atom stereocenters. The SMILES string of the molecule is Cc1ccc([C@@]2(C(F)(F)F)N=CO[C@H]2c2ccccn2)cc1. The smallest absolute Gasteiger partial charge is 0.422 e. The Kier molecular flexibility index (Phi) is 3.39. The molecule has 1 aromatic carbocycles. The van der Waals surface area contributed by atoms with E-state index < -0.39 is 17.8 Å². The van der Waals surface area contributed by atoms with Crippen LogP contribution in [0.2, 0.25) is 0 Å².